The van der Waals surface area contributed by atoms with Crippen LogP contribution in [0.1, 0.15) is 22.3 Å². The fourth-order valence-electron chi connectivity index (χ4n) is 11.0. The zero-order valence-corrected chi connectivity index (χ0v) is 40.3. The maximum atomic E-state index is 15.1. The number of hydrogen-bond acceptors (Lipinski definition) is 3. The van der Waals surface area contributed by atoms with Gasteiger partial charge in [0.2, 0.25) is 0 Å². The number of aromatic nitrogens is 4. The molecule has 13 rings (SSSR count). The molecule has 6 nitrogen and oxygen atoms in total. The molecule has 78 heavy (non-hydrogen) atoms. The van der Waals surface area contributed by atoms with Crippen LogP contribution in [-0.2, 0) is 18.5 Å². The van der Waals surface area contributed by atoms with Crippen LogP contribution in [0, 0.1) is 11.3 Å². The van der Waals surface area contributed by atoms with Gasteiger partial charge in [0, 0.05) is 49.3 Å². The first-order chi connectivity index (χ1) is 37.6. The molecule has 0 radical (unpaired) electrons. The van der Waals surface area contributed by atoms with E-state index in [0.29, 0.717) is 71.5 Å². The van der Waals surface area contributed by atoms with Crippen molar-refractivity contribution in [3.8, 4) is 34.5 Å². The Balaban J connectivity index is 1.31. The number of para-hydroxylation sites is 6. The number of hydrogen-bond donors (Lipinski definition) is 0. The summed E-state index contributed by atoms with van der Waals surface area (Å²) in [5.74, 6) is -0.173. The van der Waals surface area contributed by atoms with Crippen molar-refractivity contribution in [3.63, 3.8) is 0 Å². The normalized spacial score (nSPS) is 12.4. The molecule has 4 aromatic heterocycles. The molecule has 15 heteroatoms. The van der Waals surface area contributed by atoms with Crippen LogP contribution >= 0.6 is 0 Å². The van der Waals surface area contributed by atoms with Crippen LogP contribution in [0.4, 0.5) is 56.6 Å². The lowest BCUT2D eigenvalue weighted by Crippen LogP contribution is -2.16. The van der Waals surface area contributed by atoms with Gasteiger partial charge in [-0.15, -0.1) is 0 Å². The number of anilines is 3. The molecule has 4 heterocycles. The highest BCUT2D eigenvalue weighted by molar-refractivity contribution is 6.14. The fourth-order valence-corrected chi connectivity index (χ4v) is 11.0. The van der Waals surface area contributed by atoms with Gasteiger partial charge in [0.1, 0.15) is 23.0 Å². The van der Waals surface area contributed by atoms with Gasteiger partial charge in [-0.2, -0.15) is 44.8 Å². The molecular formula is C63H35F9N6. The first-order valence-corrected chi connectivity index (χ1v) is 24.4. The summed E-state index contributed by atoms with van der Waals surface area (Å²) in [4.78, 5) is 7.56. The second-order valence-electron chi connectivity index (χ2n) is 18.7. The Morgan fingerprint density at radius 2 is 0.731 bits per heavy atom. The Bertz CT molecular complexity index is 4560. The standard InChI is InChI=1S/C63H35F9N6/c64-61(65,66)37-27-30-45-42-19-7-11-23-50(42)76(54(45)33-37)58-49(36-73)59(77-51-24-12-8-20-43(51)46-31-28-38(34-55(46)77)62(67,68)69)60(78-52-25-13-9-21-44(52)47-32-29-39(35-56(47)78)63(70,71)72)74-57(58)48-22-10-14-26-53(48)75(40-15-3-1-4-16-40)41-17-5-2-6-18-41/h1-35H. The van der Waals surface area contributed by atoms with E-state index in [9.17, 15) is 5.26 Å². The molecule has 0 bridgehead atoms. The van der Waals surface area contributed by atoms with E-state index in [-0.39, 0.29) is 45.0 Å². The molecule has 380 valence electrons. The number of rotatable bonds is 7. The smallest absolute Gasteiger partial charge is 0.310 e. The van der Waals surface area contributed by atoms with Gasteiger partial charge in [-0.05, 0) is 84.9 Å². The Labute approximate surface area is 436 Å². The van der Waals surface area contributed by atoms with Crippen LogP contribution in [0.15, 0.2) is 212 Å². The molecule has 0 aliphatic heterocycles. The maximum absolute atomic E-state index is 15.1. The first kappa shape index (κ1) is 47.9. The third-order valence-corrected chi connectivity index (χ3v) is 14.3. The van der Waals surface area contributed by atoms with E-state index < -0.39 is 35.2 Å². The van der Waals surface area contributed by atoms with Crippen LogP contribution in [0.3, 0.4) is 0 Å². The third kappa shape index (κ3) is 7.54. The molecule has 0 aliphatic carbocycles. The third-order valence-electron chi connectivity index (χ3n) is 14.3. The van der Waals surface area contributed by atoms with Gasteiger partial charge >= 0.3 is 18.5 Å². The molecular weight excluding hydrogens is 1010 g/mol. The summed E-state index contributed by atoms with van der Waals surface area (Å²) in [5, 5.41) is 14.8. The summed E-state index contributed by atoms with van der Waals surface area (Å²) in [6.45, 7) is 0. The van der Waals surface area contributed by atoms with Gasteiger partial charge in [-0.3, -0.25) is 4.57 Å². The van der Waals surface area contributed by atoms with E-state index in [2.05, 4.69) is 6.07 Å². The van der Waals surface area contributed by atoms with Gasteiger partial charge in [0.05, 0.1) is 61.2 Å². The molecule has 0 aliphatic rings. The Hall–Kier alpha value is -9.81. The van der Waals surface area contributed by atoms with Gasteiger partial charge in [0.15, 0.2) is 5.82 Å². The fraction of sp³-hybridized carbons (Fsp3) is 0.0476. The zero-order valence-electron chi connectivity index (χ0n) is 40.3. The molecule has 0 unspecified atom stereocenters. The maximum Gasteiger partial charge on any atom is 0.416 e. The van der Waals surface area contributed by atoms with Gasteiger partial charge in [0.25, 0.3) is 0 Å². The monoisotopic (exact) mass is 1050 g/mol. The minimum Gasteiger partial charge on any atom is -0.310 e. The summed E-state index contributed by atoms with van der Waals surface area (Å²) in [6, 6.07) is 58.3. The minimum atomic E-state index is -4.86. The number of nitriles is 1. The van der Waals surface area contributed by atoms with E-state index in [4.69, 9.17) is 4.98 Å². The highest BCUT2D eigenvalue weighted by atomic mass is 19.4. The van der Waals surface area contributed by atoms with E-state index in [1.165, 1.54) is 31.9 Å². The highest BCUT2D eigenvalue weighted by Gasteiger charge is 2.37. The molecule has 9 aromatic carbocycles. The Kier molecular flexibility index (Phi) is 10.8. The summed E-state index contributed by atoms with van der Waals surface area (Å²) in [7, 11) is 0. The SMILES string of the molecule is N#Cc1c(-n2c3ccccc3c3ccc(C(F)(F)F)cc32)c(-c2ccccc2N(c2ccccc2)c2ccccc2)nc(-n2c3ccccc3c3ccc(C(F)(F)F)cc32)c1-n1c2ccccc2c2ccc(C(F)(F)F)cc21. The highest BCUT2D eigenvalue weighted by Crippen LogP contribution is 2.49. The molecule has 0 spiro atoms. The van der Waals surface area contributed by atoms with Crippen LogP contribution in [0.25, 0.3) is 93.9 Å². The number of alkyl halides is 9. The molecule has 0 amide bonds. The van der Waals surface area contributed by atoms with Crippen LogP contribution in [-0.4, -0.2) is 18.7 Å². The topological polar surface area (TPSA) is 54.7 Å². The van der Waals surface area contributed by atoms with E-state index >= 15 is 39.5 Å². The Morgan fingerprint density at radius 1 is 0.372 bits per heavy atom. The number of benzene rings is 9. The first-order valence-electron chi connectivity index (χ1n) is 24.4. The summed E-state index contributed by atoms with van der Waals surface area (Å²) in [6.07, 6.45) is -14.5. The van der Waals surface area contributed by atoms with Gasteiger partial charge in [-0.25, -0.2) is 4.98 Å². The van der Waals surface area contributed by atoms with Crippen molar-refractivity contribution >= 4 is 82.5 Å². The summed E-state index contributed by atoms with van der Waals surface area (Å²) < 4.78 is 140. The van der Waals surface area contributed by atoms with Crippen LogP contribution in [0.2, 0.25) is 0 Å². The van der Waals surface area contributed by atoms with Crippen molar-refractivity contribution in [2.45, 2.75) is 18.5 Å². The van der Waals surface area contributed by atoms with Crippen molar-refractivity contribution in [2.24, 2.45) is 0 Å². The number of nitrogens with zero attached hydrogens (tertiary/aromatic N) is 6. The zero-order chi connectivity index (χ0) is 53.8. The predicted molar refractivity (Wildman–Crippen MR) is 287 cm³/mol. The van der Waals surface area contributed by atoms with Crippen molar-refractivity contribution in [1.82, 2.24) is 18.7 Å². The minimum absolute atomic E-state index is 0.00530. The number of pyridine rings is 1. The van der Waals surface area contributed by atoms with Crippen LogP contribution < -0.4 is 4.90 Å². The quantitative estimate of drug-likeness (QED) is 0.149. The van der Waals surface area contributed by atoms with Crippen LogP contribution in [0.5, 0.6) is 0 Å². The van der Waals surface area contributed by atoms with Crippen molar-refractivity contribution in [2.75, 3.05) is 4.90 Å². The molecule has 0 fully saturated rings. The summed E-state index contributed by atoms with van der Waals surface area (Å²) in [5.41, 5.74) is -0.494. The average molecular weight is 1050 g/mol. The van der Waals surface area contributed by atoms with Gasteiger partial charge in [-0.1, -0.05) is 127 Å². The van der Waals surface area contributed by atoms with E-state index in [0.717, 1.165) is 36.4 Å². The van der Waals surface area contributed by atoms with Gasteiger partial charge < -0.3 is 14.0 Å². The second kappa shape index (κ2) is 17.6. The average Bonchev–Trinajstić information content (AvgIpc) is 3.64. The van der Waals surface area contributed by atoms with E-state index in [1.54, 1.807) is 91.0 Å². The molecule has 13 aromatic rings. The summed E-state index contributed by atoms with van der Waals surface area (Å²) >= 11 is 0. The molecule has 0 saturated carbocycles. The lowest BCUT2D eigenvalue weighted by molar-refractivity contribution is -0.138. The molecule has 0 saturated heterocycles. The lowest BCUT2D eigenvalue weighted by atomic mass is 10.00. The molecule has 0 atom stereocenters. The lowest BCUT2D eigenvalue weighted by Gasteiger charge is -2.29. The predicted octanol–water partition coefficient (Wildman–Crippen LogP) is 18.4. The van der Waals surface area contributed by atoms with E-state index in [1.807, 2.05) is 71.6 Å². The second-order valence-corrected chi connectivity index (χ2v) is 18.7. The Morgan fingerprint density at radius 3 is 1.17 bits per heavy atom. The van der Waals surface area contributed by atoms with Crippen molar-refractivity contribution in [3.05, 3.63) is 235 Å². The number of halogens is 9. The number of fused-ring (bicyclic) bond motifs is 9. The van der Waals surface area contributed by atoms with Crippen molar-refractivity contribution < 1.29 is 39.5 Å². The largest absolute Gasteiger partial charge is 0.416 e. The molecule has 0 N–H and O–H groups in total. The van der Waals surface area contributed by atoms with Crippen molar-refractivity contribution in [1.29, 1.82) is 5.26 Å².